The van der Waals surface area contributed by atoms with Crippen molar-refractivity contribution in [3.8, 4) is 0 Å². The van der Waals surface area contributed by atoms with E-state index in [0.29, 0.717) is 16.3 Å². The van der Waals surface area contributed by atoms with Crippen molar-refractivity contribution >= 4 is 16.6 Å². The summed E-state index contributed by atoms with van der Waals surface area (Å²) in [5.74, 6) is -0.502. The number of carbonyl (C=O) groups excluding carboxylic acids is 1. The van der Waals surface area contributed by atoms with Crippen LogP contribution in [0, 0.1) is 5.82 Å². The minimum absolute atomic E-state index is 0.189. The first-order valence-electron chi connectivity index (χ1n) is 4.58. The second-order valence-electron chi connectivity index (χ2n) is 3.21. The van der Waals surface area contributed by atoms with Crippen LogP contribution in [-0.4, -0.2) is 5.78 Å². The number of rotatable bonds is 2. The van der Waals surface area contributed by atoms with Crippen molar-refractivity contribution in [3.05, 3.63) is 60.4 Å². The second kappa shape index (κ2) is 3.65. The van der Waals surface area contributed by atoms with Crippen LogP contribution >= 0.6 is 0 Å². The zero-order chi connectivity index (χ0) is 10.8. The molecule has 0 fully saturated rings. The Morgan fingerprint density at radius 3 is 2.53 bits per heavy atom. The van der Waals surface area contributed by atoms with E-state index in [1.807, 2.05) is 0 Å². The van der Waals surface area contributed by atoms with E-state index in [0.717, 1.165) is 0 Å². The van der Waals surface area contributed by atoms with Gasteiger partial charge in [-0.05, 0) is 17.5 Å². The first-order chi connectivity index (χ1) is 7.24. The third-order valence-electron chi connectivity index (χ3n) is 2.32. The molecule has 0 aliphatic rings. The zero-order valence-electron chi connectivity index (χ0n) is 8.03. The van der Waals surface area contributed by atoms with E-state index in [2.05, 4.69) is 6.58 Å². The maximum Gasteiger partial charge on any atom is 0.185 e. The number of benzene rings is 2. The Bertz CT molecular complexity index is 543. The first kappa shape index (κ1) is 9.59. The molecule has 2 aromatic rings. The highest BCUT2D eigenvalue weighted by molar-refractivity contribution is 6.13. The monoisotopic (exact) mass is 200 g/mol. The summed E-state index contributed by atoms with van der Waals surface area (Å²) in [6.45, 7) is 3.42. The quantitative estimate of drug-likeness (QED) is 0.536. The van der Waals surface area contributed by atoms with Gasteiger partial charge in [-0.25, -0.2) is 4.39 Å². The van der Waals surface area contributed by atoms with Crippen LogP contribution in [0.2, 0.25) is 0 Å². The topological polar surface area (TPSA) is 17.1 Å². The van der Waals surface area contributed by atoms with Crippen LogP contribution in [0.5, 0.6) is 0 Å². The predicted octanol–water partition coefficient (Wildman–Crippen LogP) is 3.35. The van der Waals surface area contributed by atoms with Crippen LogP contribution in [0.15, 0.2) is 49.1 Å². The van der Waals surface area contributed by atoms with Crippen LogP contribution in [-0.2, 0) is 0 Å². The Hall–Kier alpha value is -1.96. The molecule has 0 aliphatic heterocycles. The third-order valence-corrected chi connectivity index (χ3v) is 2.32. The minimum Gasteiger partial charge on any atom is -0.289 e. The normalized spacial score (nSPS) is 10.2. The summed E-state index contributed by atoms with van der Waals surface area (Å²) >= 11 is 0. The molecule has 0 saturated carbocycles. The second-order valence-corrected chi connectivity index (χ2v) is 3.21. The van der Waals surface area contributed by atoms with Crippen LogP contribution in [0.1, 0.15) is 10.4 Å². The van der Waals surface area contributed by atoms with Gasteiger partial charge in [0.25, 0.3) is 0 Å². The molecule has 0 bridgehead atoms. The number of allylic oxidation sites excluding steroid dienone is 1. The molecule has 1 nitrogen and oxygen atoms in total. The van der Waals surface area contributed by atoms with Gasteiger partial charge in [0, 0.05) is 10.9 Å². The van der Waals surface area contributed by atoms with Crippen LogP contribution < -0.4 is 0 Å². The molecule has 2 aromatic carbocycles. The van der Waals surface area contributed by atoms with Gasteiger partial charge in [-0.15, -0.1) is 0 Å². The van der Waals surface area contributed by atoms with Crippen molar-refractivity contribution in [2.75, 3.05) is 0 Å². The molecule has 0 saturated heterocycles. The fourth-order valence-electron chi connectivity index (χ4n) is 1.60. The molecular weight excluding hydrogens is 191 g/mol. The van der Waals surface area contributed by atoms with Crippen molar-refractivity contribution in [1.29, 1.82) is 0 Å². The van der Waals surface area contributed by atoms with E-state index in [1.54, 1.807) is 30.3 Å². The maximum absolute atomic E-state index is 13.4. The van der Waals surface area contributed by atoms with Gasteiger partial charge >= 0.3 is 0 Å². The van der Waals surface area contributed by atoms with Gasteiger partial charge < -0.3 is 0 Å². The Labute approximate surface area is 86.8 Å². The van der Waals surface area contributed by atoms with Gasteiger partial charge in [0.15, 0.2) is 5.78 Å². The number of fused-ring (bicyclic) bond motifs is 1. The summed E-state index contributed by atoms with van der Waals surface area (Å²) in [7, 11) is 0. The fourth-order valence-corrected chi connectivity index (χ4v) is 1.60. The van der Waals surface area contributed by atoms with Gasteiger partial charge in [0.05, 0.1) is 0 Å². The van der Waals surface area contributed by atoms with Crippen molar-refractivity contribution in [2.45, 2.75) is 0 Å². The Morgan fingerprint density at radius 1 is 1.13 bits per heavy atom. The van der Waals surface area contributed by atoms with Gasteiger partial charge in [-0.1, -0.05) is 36.9 Å². The first-order valence-corrected chi connectivity index (χ1v) is 4.58. The lowest BCUT2D eigenvalue weighted by Gasteiger charge is -2.03. The fraction of sp³-hybridized carbons (Fsp3) is 0. The van der Waals surface area contributed by atoms with Crippen LogP contribution in [0.25, 0.3) is 10.8 Å². The lowest BCUT2D eigenvalue weighted by Crippen LogP contribution is -1.95. The number of halogens is 1. The standard InChI is InChI=1S/C13H9FO/c1-2-13(15)11-7-3-6-10-9(11)5-4-8-12(10)14/h2-8H,1H2. The van der Waals surface area contributed by atoms with Gasteiger partial charge in [0.1, 0.15) is 5.82 Å². The van der Waals surface area contributed by atoms with Crippen molar-refractivity contribution in [2.24, 2.45) is 0 Å². The van der Waals surface area contributed by atoms with E-state index in [9.17, 15) is 9.18 Å². The van der Waals surface area contributed by atoms with Gasteiger partial charge in [-0.3, -0.25) is 4.79 Å². The van der Waals surface area contributed by atoms with E-state index < -0.39 is 0 Å². The summed E-state index contributed by atoms with van der Waals surface area (Å²) in [5.41, 5.74) is 0.488. The predicted molar refractivity (Wildman–Crippen MR) is 58.4 cm³/mol. The van der Waals surface area contributed by atoms with Crippen LogP contribution in [0.4, 0.5) is 4.39 Å². The summed E-state index contributed by atoms with van der Waals surface area (Å²) in [6, 6.07) is 9.70. The highest BCUT2D eigenvalue weighted by atomic mass is 19.1. The van der Waals surface area contributed by atoms with Crippen molar-refractivity contribution in [3.63, 3.8) is 0 Å². The molecule has 0 amide bonds. The molecule has 2 heteroatoms. The molecule has 0 heterocycles. The Balaban J connectivity index is 2.82. The molecule has 0 radical (unpaired) electrons. The molecule has 15 heavy (non-hydrogen) atoms. The Morgan fingerprint density at radius 2 is 1.80 bits per heavy atom. The summed E-state index contributed by atoms with van der Waals surface area (Å²) in [5, 5.41) is 1.09. The zero-order valence-corrected chi connectivity index (χ0v) is 8.03. The highest BCUT2D eigenvalue weighted by Crippen LogP contribution is 2.21. The number of hydrogen-bond donors (Lipinski definition) is 0. The lowest BCUT2D eigenvalue weighted by molar-refractivity contribution is 0.104. The third kappa shape index (κ3) is 1.54. The van der Waals surface area contributed by atoms with Gasteiger partial charge in [0.2, 0.25) is 0 Å². The van der Waals surface area contributed by atoms with Crippen LogP contribution in [0.3, 0.4) is 0 Å². The molecule has 0 spiro atoms. The number of ketones is 1. The van der Waals surface area contributed by atoms with Crippen molar-refractivity contribution < 1.29 is 9.18 Å². The number of hydrogen-bond acceptors (Lipinski definition) is 1. The largest absolute Gasteiger partial charge is 0.289 e. The average molecular weight is 200 g/mol. The Kier molecular flexibility index (Phi) is 2.34. The van der Waals surface area contributed by atoms with Gasteiger partial charge in [-0.2, -0.15) is 0 Å². The van der Waals surface area contributed by atoms with E-state index in [1.165, 1.54) is 12.1 Å². The smallest absolute Gasteiger partial charge is 0.185 e. The SMILES string of the molecule is C=CC(=O)c1cccc2c(F)cccc12. The molecule has 0 unspecified atom stereocenters. The lowest BCUT2D eigenvalue weighted by atomic mass is 10.0. The van der Waals surface area contributed by atoms with E-state index >= 15 is 0 Å². The summed E-state index contributed by atoms with van der Waals surface area (Å²) in [4.78, 5) is 11.5. The molecule has 0 aliphatic carbocycles. The van der Waals surface area contributed by atoms with E-state index in [4.69, 9.17) is 0 Å². The summed E-state index contributed by atoms with van der Waals surface area (Å²) < 4.78 is 13.4. The molecule has 2 rings (SSSR count). The van der Waals surface area contributed by atoms with E-state index in [-0.39, 0.29) is 11.6 Å². The number of carbonyl (C=O) groups is 1. The molecular formula is C13H9FO. The average Bonchev–Trinajstić information content (AvgIpc) is 2.28. The van der Waals surface area contributed by atoms with Crippen molar-refractivity contribution in [1.82, 2.24) is 0 Å². The molecule has 0 aromatic heterocycles. The molecule has 0 atom stereocenters. The molecule has 74 valence electrons. The minimum atomic E-state index is -0.314. The molecule has 0 N–H and O–H groups in total. The maximum atomic E-state index is 13.4. The summed E-state index contributed by atoms with van der Waals surface area (Å²) in [6.07, 6.45) is 1.24. The highest BCUT2D eigenvalue weighted by Gasteiger charge is 2.08.